The summed E-state index contributed by atoms with van der Waals surface area (Å²) in [5.74, 6) is -0.461. The van der Waals surface area contributed by atoms with Gasteiger partial charge in [0.05, 0.1) is 13.2 Å². The predicted molar refractivity (Wildman–Crippen MR) is 87.5 cm³/mol. The fraction of sp³-hybridized carbons (Fsp3) is 0.692. The molecule has 0 bridgehead atoms. The number of esters is 1. The van der Waals surface area contributed by atoms with E-state index < -0.39 is 30.1 Å². The Morgan fingerprint density at radius 1 is 1.19 bits per heavy atom. The molecule has 0 aromatic rings. The summed E-state index contributed by atoms with van der Waals surface area (Å²) in [6.07, 6.45) is 0.337. The molecule has 8 heteroatoms. The summed E-state index contributed by atoms with van der Waals surface area (Å²) < 4.78 is 15.6. The van der Waals surface area contributed by atoms with Crippen LogP contribution in [0.3, 0.4) is 0 Å². The first-order valence-electron chi connectivity index (χ1n) is 7.09. The highest BCUT2D eigenvalue weighted by molar-refractivity contribution is 6.73. The van der Waals surface area contributed by atoms with Gasteiger partial charge in [0.25, 0.3) is 0 Å². The van der Waals surface area contributed by atoms with Crippen LogP contribution >= 0.6 is 0 Å². The van der Waals surface area contributed by atoms with Crippen LogP contribution in [0.4, 0.5) is 4.79 Å². The molecule has 0 heterocycles. The van der Waals surface area contributed by atoms with Crippen LogP contribution in [0.15, 0.2) is 12.2 Å². The zero-order valence-electron chi connectivity index (χ0n) is 13.5. The monoisotopic (exact) mass is 333 g/mol. The molecule has 0 aromatic heterocycles. The molecule has 0 unspecified atom stereocenters. The third-order valence-electron chi connectivity index (χ3n) is 2.26. The molecule has 0 aromatic carbocycles. The lowest BCUT2D eigenvalue weighted by Crippen LogP contribution is -2.29. The number of amides is 1. The van der Waals surface area contributed by atoms with Crippen molar-refractivity contribution in [2.75, 3.05) is 19.8 Å². The van der Waals surface area contributed by atoms with Gasteiger partial charge in [0, 0.05) is 5.57 Å². The van der Waals surface area contributed by atoms with Gasteiger partial charge in [-0.05, 0) is 39.0 Å². The van der Waals surface area contributed by atoms with Gasteiger partial charge in [-0.2, -0.15) is 0 Å². The van der Waals surface area contributed by atoms with Crippen LogP contribution in [0.2, 0.25) is 25.7 Å². The molecule has 0 saturated carbocycles. The first-order chi connectivity index (χ1) is 9.72. The standard InChI is InChI=1S/C13H27NO5Si2/c1-11(2)12(15)17-9-7-14-13(16)18-8-6-10-20-19-21(3,4)5/h1,6-10,20H2,2-5H3,(H,14,16). The highest BCUT2D eigenvalue weighted by Gasteiger charge is 2.12. The molecule has 0 radical (unpaired) electrons. The number of carbonyl (C=O) groups is 2. The molecule has 0 aliphatic carbocycles. The van der Waals surface area contributed by atoms with Gasteiger partial charge in [-0.15, -0.1) is 0 Å². The van der Waals surface area contributed by atoms with Crippen LogP contribution < -0.4 is 5.32 Å². The fourth-order valence-electron chi connectivity index (χ4n) is 1.22. The summed E-state index contributed by atoms with van der Waals surface area (Å²) in [5.41, 5.74) is 0.335. The first-order valence-corrected chi connectivity index (χ1v) is 12.1. The number of hydrogen-bond acceptors (Lipinski definition) is 5. The molecule has 0 saturated heterocycles. The van der Waals surface area contributed by atoms with E-state index in [4.69, 9.17) is 13.6 Å². The topological polar surface area (TPSA) is 73.9 Å². The van der Waals surface area contributed by atoms with Crippen LogP contribution in [-0.4, -0.2) is 49.9 Å². The van der Waals surface area contributed by atoms with Crippen LogP contribution in [0.1, 0.15) is 13.3 Å². The zero-order valence-corrected chi connectivity index (χ0v) is 15.9. The molecule has 0 aliphatic heterocycles. The highest BCUT2D eigenvalue weighted by atomic mass is 28.4. The van der Waals surface area contributed by atoms with Crippen molar-refractivity contribution in [2.24, 2.45) is 0 Å². The number of alkyl carbamates (subject to hydrolysis) is 1. The van der Waals surface area contributed by atoms with E-state index in [1.165, 1.54) is 0 Å². The summed E-state index contributed by atoms with van der Waals surface area (Å²) in [4.78, 5) is 22.4. The van der Waals surface area contributed by atoms with E-state index >= 15 is 0 Å². The van der Waals surface area contributed by atoms with Crippen molar-refractivity contribution in [2.45, 2.75) is 39.0 Å². The number of hydrogen-bond donors (Lipinski definition) is 1. The van der Waals surface area contributed by atoms with E-state index in [1.807, 2.05) is 0 Å². The molecule has 21 heavy (non-hydrogen) atoms. The highest BCUT2D eigenvalue weighted by Crippen LogP contribution is 2.03. The Kier molecular flexibility index (Phi) is 10.0. The Labute approximate surface area is 130 Å². The van der Waals surface area contributed by atoms with Gasteiger partial charge < -0.3 is 18.9 Å². The Hall–Kier alpha value is -1.13. The van der Waals surface area contributed by atoms with E-state index in [1.54, 1.807) is 6.92 Å². The van der Waals surface area contributed by atoms with Crippen molar-refractivity contribution in [1.29, 1.82) is 0 Å². The first kappa shape index (κ1) is 19.9. The van der Waals surface area contributed by atoms with Crippen molar-refractivity contribution >= 4 is 30.1 Å². The van der Waals surface area contributed by atoms with Crippen molar-refractivity contribution < 1.29 is 23.2 Å². The maximum absolute atomic E-state index is 11.3. The number of carbonyl (C=O) groups excluding carboxylic acids is 2. The third kappa shape index (κ3) is 13.6. The molecular formula is C13H27NO5Si2. The minimum absolute atomic E-state index is 0.109. The van der Waals surface area contributed by atoms with E-state index in [2.05, 4.69) is 31.5 Å². The number of rotatable bonds is 10. The van der Waals surface area contributed by atoms with Crippen LogP contribution in [-0.2, 0) is 18.4 Å². The van der Waals surface area contributed by atoms with Gasteiger partial charge in [0.15, 0.2) is 8.32 Å². The normalized spacial score (nSPS) is 11.4. The lowest BCUT2D eigenvalue weighted by Gasteiger charge is -2.17. The quantitative estimate of drug-likeness (QED) is 0.284. The molecule has 0 spiro atoms. The van der Waals surface area contributed by atoms with Gasteiger partial charge in [0.2, 0.25) is 0 Å². The Morgan fingerprint density at radius 2 is 1.86 bits per heavy atom. The van der Waals surface area contributed by atoms with Gasteiger partial charge in [-0.3, -0.25) is 0 Å². The summed E-state index contributed by atoms with van der Waals surface area (Å²) in [5, 5.41) is 2.51. The Bertz CT molecular complexity index is 355. The fourth-order valence-corrected chi connectivity index (χ4v) is 4.65. The molecule has 0 rings (SSSR count). The maximum atomic E-state index is 11.3. The average Bonchev–Trinajstić information content (AvgIpc) is 2.37. The zero-order chi connectivity index (χ0) is 16.3. The number of ether oxygens (including phenoxy) is 2. The second kappa shape index (κ2) is 10.6. The molecule has 0 fully saturated rings. The molecule has 1 amide bonds. The second-order valence-corrected chi connectivity index (χ2v) is 12.1. The van der Waals surface area contributed by atoms with Gasteiger partial charge in [0.1, 0.15) is 16.4 Å². The van der Waals surface area contributed by atoms with E-state index in [9.17, 15) is 9.59 Å². The SMILES string of the molecule is C=C(C)C(=O)OCCNC(=O)OCCC[SiH2]O[Si](C)(C)C. The molecule has 0 aliphatic rings. The molecule has 0 atom stereocenters. The minimum Gasteiger partial charge on any atom is -0.461 e. The average molecular weight is 334 g/mol. The Balaban J connectivity index is 3.43. The number of nitrogens with one attached hydrogen (secondary N) is 1. The second-order valence-electron chi connectivity index (χ2n) is 5.65. The van der Waals surface area contributed by atoms with Crippen LogP contribution in [0, 0.1) is 0 Å². The van der Waals surface area contributed by atoms with E-state index in [0.29, 0.717) is 12.2 Å². The largest absolute Gasteiger partial charge is 0.461 e. The van der Waals surface area contributed by atoms with Crippen molar-refractivity contribution in [3.05, 3.63) is 12.2 Å². The smallest absolute Gasteiger partial charge is 0.407 e. The molecule has 6 nitrogen and oxygen atoms in total. The molecule has 1 N–H and O–H groups in total. The third-order valence-corrected chi connectivity index (χ3v) is 7.33. The van der Waals surface area contributed by atoms with Crippen molar-refractivity contribution in [1.82, 2.24) is 5.32 Å². The summed E-state index contributed by atoms with van der Waals surface area (Å²) in [6.45, 7) is 12.3. The van der Waals surface area contributed by atoms with Crippen LogP contribution in [0.25, 0.3) is 0 Å². The summed E-state index contributed by atoms with van der Waals surface area (Å²) in [7, 11) is -1.87. The summed E-state index contributed by atoms with van der Waals surface area (Å²) in [6, 6.07) is 1.01. The predicted octanol–water partition coefficient (Wildman–Crippen LogP) is 1.58. The van der Waals surface area contributed by atoms with Gasteiger partial charge in [-0.1, -0.05) is 6.58 Å². The van der Waals surface area contributed by atoms with Crippen molar-refractivity contribution in [3.63, 3.8) is 0 Å². The van der Waals surface area contributed by atoms with E-state index in [0.717, 1.165) is 12.5 Å². The van der Waals surface area contributed by atoms with Gasteiger partial charge >= 0.3 is 12.1 Å². The maximum Gasteiger partial charge on any atom is 0.407 e. The van der Waals surface area contributed by atoms with Gasteiger partial charge in [-0.25, -0.2) is 9.59 Å². The molecular weight excluding hydrogens is 306 g/mol. The van der Waals surface area contributed by atoms with Crippen molar-refractivity contribution in [3.8, 4) is 0 Å². The Morgan fingerprint density at radius 3 is 2.43 bits per heavy atom. The molecule has 122 valence electrons. The van der Waals surface area contributed by atoms with E-state index in [-0.39, 0.29) is 13.2 Å². The summed E-state index contributed by atoms with van der Waals surface area (Å²) >= 11 is 0. The minimum atomic E-state index is -1.38. The lowest BCUT2D eigenvalue weighted by molar-refractivity contribution is -0.138. The lowest BCUT2D eigenvalue weighted by atomic mass is 10.4. The van der Waals surface area contributed by atoms with Crippen LogP contribution in [0.5, 0.6) is 0 Å².